The van der Waals surface area contributed by atoms with Crippen molar-refractivity contribution in [3.05, 3.63) is 23.9 Å². The van der Waals surface area contributed by atoms with Gasteiger partial charge >= 0.3 is 0 Å². The lowest BCUT2D eigenvalue weighted by molar-refractivity contribution is 0.0952. The lowest BCUT2D eigenvalue weighted by Gasteiger charge is -2.10. The zero-order valence-corrected chi connectivity index (χ0v) is 12.0. The number of carbonyl (C=O) groups is 1. The quantitative estimate of drug-likeness (QED) is 0.813. The Morgan fingerprint density at radius 3 is 3.05 bits per heavy atom. The van der Waals surface area contributed by atoms with Gasteiger partial charge in [0, 0.05) is 23.7 Å². The summed E-state index contributed by atoms with van der Waals surface area (Å²) in [5, 5.41) is 3.71. The SMILES string of the molecule is COc1ncccc1C(=O)NCCSC1CCCC1. The molecule has 0 atom stereocenters. The third-order valence-electron chi connectivity index (χ3n) is 3.25. The van der Waals surface area contributed by atoms with Gasteiger partial charge in [0.2, 0.25) is 5.88 Å². The van der Waals surface area contributed by atoms with Gasteiger partial charge in [0.1, 0.15) is 5.56 Å². The van der Waals surface area contributed by atoms with Crippen molar-refractivity contribution in [2.24, 2.45) is 0 Å². The van der Waals surface area contributed by atoms with Crippen molar-refractivity contribution in [3.63, 3.8) is 0 Å². The van der Waals surface area contributed by atoms with Gasteiger partial charge in [-0.1, -0.05) is 12.8 Å². The first-order chi connectivity index (χ1) is 9.31. The maximum Gasteiger partial charge on any atom is 0.256 e. The van der Waals surface area contributed by atoms with Crippen molar-refractivity contribution in [3.8, 4) is 5.88 Å². The standard InChI is InChI=1S/C14H20N2O2S/c1-18-14-12(7-4-8-16-14)13(17)15-9-10-19-11-5-2-3-6-11/h4,7-8,11H,2-3,5-6,9-10H2,1H3,(H,15,17). The van der Waals surface area contributed by atoms with E-state index in [0.29, 0.717) is 18.0 Å². The van der Waals surface area contributed by atoms with E-state index in [1.807, 2.05) is 11.8 Å². The number of hydrogen-bond donors (Lipinski definition) is 1. The third-order valence-corrected chi connectivity index (χ3v) is 4.64. The van der Waals surface area contributed by atoms with Crippen LogP contribution in [-0.4, -0.2) is 35.5 Å². The molecule has 1 amide bonds. The maximum absolute atomic E-state index is 12.0. The van der Waals surface area contributed by atoms with E-state index < -0.39 is 0 Å². The van der Waals surface area contributed by atoms with Gasteiger partial charge in [-0.15, -0.1) is 0 Å². The van der Waals surface area contributed by atoms with Crippen molar-refractivity contribution < 1.29 is 9.53 Å². The van der Waals surface area contributed by atoms with E-state index in [0.717, 1.165) is 11.0 Å². The van der Waals surface area contributed by atoms with E-state index in [4.69, 9.17) is 4.74 Å². The Hall–Kier alpha value is -1.23. The monoisotopic (exact) mass is 280 g/mol. The molecular formula is C14H20N2O2S. The largest absolute Gasteiger partial charge is 0.480 e. The molecule has 0 saturated heterocycles. The highest BCUT2D eigenvalue weighted by Gasteiger charge is 2.15. The van der Waals surface area contributed by atoms with E-state index in [2.05, 4.69) is 10.3 Å². The molecule has 0 unspecified atom stereocenters. The second-order valence-electron chi connectivity index (χ2n) is 4.59. The average molecular weight is 280 g/mol. The number of carbonyl (C=O) groups excluding carboxylic acids is 1. The Labute approximate surface area is 118 Å². The van der Waals surface area contributed by atoms with E-state index in [1.54, 1.807) is 18.3 Å². The molecule has 19 heavy (non-hydrogen) atoms. The molecule has 1 N–H and O–H groups in total. The van der Waals surface area contributed by atoms with Gasteiger partial charge in [0.15, 0.2) is 0 Å². The summed E-state index contributed by atoms with van der Waals surface area (Å²) in [7, 11) is 1.52. The van der Waals surface area contributed by atoms with Crippen LogP contribution in [0, 0.1) is 0 Å². The number of pyridine rings is 1. The average Bonchev–Trinajstić information content (AvgIpc) is 2.96. The van der Waals surface area contributed by atoms with Crippen LogP contribution < -0.4 is 10.1 Å². The molecule has 5 heteroatoms. The Balaban J connectivity index is 1.74. The van der Waals surface area contributed by atoms with E-state index >= 15 is 0 Å². The molecule has 1 fully saturated rings. The van der Waals surface area contributed by atoms with Gasteiger partial charge < -0.3 is 10.1 Å². The van der Waals surface area contributed by atoms with Gasteiger partial charge in [0.05, 0.1) is 7.11 Å². The first-order valence-corrected chi connectivity index (χ1v) is 7.75. The normalized spacial score (nSPS) is 15.4. The van der Waals surface area contributed by atoms with Crippen LogP contribution in [0.1, 0.15) is 36.0 Å². The summed E-state index contributed by atoms with van der Waals surface area (Å²) in [4.78, 5) is 16.0. The van der Waals surface area contributed by atoms with Crippen LogP contribution in [0.5, 0.6) is 5.88 Å². The summed E-state index contributed by atoms with van der Waals surface area (Å²) in [6.45, 7) is 0.693. The molecule has 1 aliphatic rings. The highest BCUT2D eigenvalue weighted by Crippen LogP contribution is 2.28. The van der Waals surface area contributed by atoms with Gasteiger partial charge in [-0.3, -0.25) is 4.79 Å². The molecule has 104 valence electrons. The van der Waals surface area contributed by atoms with Crippen LogP contribution in [-0.2, 0) is 0 Å². The Bertz CT molecular complexity index is 420. The van der Waals surface area contributed by atoms with E-state index in [-0.39, 0.29) is 5.91 Å². The van der Waals surface area contributed by atoms with Crippen molar-refractivity contribution in [1.82, 2.24) is 10.3 Å². The summed E-state index contributed by atoms with van der Waals surface area (Å²) in [6.07, 6.45) is 6.99. The fraction of sp³-hybridized carbons (Fsp3) is 0.571. The molecule has 1 saturated carbocycles. The molecule has 0 aliphatic heterocycles. The summed E-state index contributed by atoms with van der Waals surface area (Å²) >= 11 is 1.97. The number of amides is 1. The minimum Gasteiger partial charge on any atom is -0.480 e. The second-order valence-corrected chi connectivity index (χ2v) is 6.00. The van der Waals surface area contributed by atoms with Crippen molar-refractivity contribution in [2.75, 3.05) is 19.4 Å². The third kappa shape index (κ3) is 4.13. The van der Waals surface area contributed by atoms with E-state index in [9.17, 15) is 4.79 Å². The molecule has 0 radical (unpaired) electrons. The first kappa shape index (κ1) is 14.2. The zero-order chi connectivity index (χ0) is 13.5. The van der Waals surface area contributed by atoms with Crippen molar-refractivity contribution in [2.45, 2.75) is 30.9 Å². The summed E-state index contributed by atoms with van der Waals surface area (Å²) in [5.74, 6) is 1.24. The maximum atomic E-state index is 12.0. The van der Waals surface area contributed by atoms with Gasteiger partial charge in [0.25, 0.3) is 5.91 Å². The first-order valence-electron chi connectivity index (χ1n) is 6.70. The second kappa shape index (κ2) is 7.38. The molecule has 1 heterocycles. The molecule has 4 nitrogen and oxygen atoms in total. The number of hydrogen-bond acceptors (Lipinski definition) is 4. The molecule has 1 aromatic rings. The summed E-state index contributed by atoms with van der Waals surface area (Å²) < 4.78 is 5.08. The number of ether oxygens (including phenoxy) is 1. The van der Waals surface area contributed by atoms with Crippen LogP contribution in [0.15, 0.2) is 18.3 Å². The summed E-state index contributed by atoms with van der Waals surface area (Å²) in [6, 6.07) is 3.47. The smallest absolute Gasteiger partial charge is 0.256 e. The highest BCUT2D eigenvalue weighted by molar-refractivity contribution is 7.99. The van der Waals surface area contributed by atoms with Gasteiger partial charge in [-0.05, 0) is 25.0 Å². The van der Waals surface area contributed by atoms with Crippen LogP contribution in [0.25, 0.3) is 0 Å². The lowest BCUT2D eigenvalue weighted by atomic mass is 10.2. The van der Waals surface area contributed by atoms with Gasteiger partial charge in [-0.2, -0.15) is 11.8 Å². The Kier molecular flexibility index (Phi) is 5.51. The molecule has 0 bridgehead atoms. The molecule has 2 rings (SSSR count). The number of thioether (sulfide) groups is 1. The Morgan fingerprint density at radius 2 is 2.32 bits per heavy atom. The fourth-order valence-corrected chi connectivity index (χ4v) is 3.49. The van der Waals surface area contributed by atoms with Gasteiger partial charge in [-0.25, -0.2) is 4.98 Å². The van der Waals surface area contributed by atoms with Crippen LogP contribution in [0.3, 0.4) is 0 Å². The minimum absolute atomic E-state index is 0.114. The topological polar surface area (TPSA) is 51.2 Å². The lowest BCUT2D eigenvalue weighted by Crippen LogP contribution is -2.26. The molecule has 1 aromatic heterocycles. The number of rotatable bonds is 6. The Morgan fingerprint density at radius 1 is 1.53 bits per heavy atom. The number of aromatic nitrogens is 1. The fourth-order valence-electron chi connectivity index (χ4n) is 2.27. The number of methoxy groups -OCH3 is 1. The van der Waals surface area contributed by atoms with Crippen LogP contribution >= 0.6 is 11.8 Å². The molecule has 0 aromatic carbocycles. The molecule has 1 aliphatic carbocycles. The van der Waals surface area contributed by atoms with Crippen LogP contribution in [0.2, 0.25) is 0 Å². The molecule has 0 spiro atoms. The van der Waals surface area contributed by atoms with E-state index in [1.165, 1.54) is 32.8 Å². The van der Waals surface area contributed by atoms with Crippen LogP contribution in [0.4, 0.5) is 0 Å². The summed E-state index contributed by atoms with van der Waals surface area (Å²) in [5.41, 5.74) is 0.496. The minimum atomic E-state index is -0.114. The highest BCUT2D eigenvalue weighted by atomic mass is 32.2. The number of nitrogens with one attached hydrogen (secondary N) is 1. The predicted octanol–water partition coefficient (Wildman–Crippen LogP) is 2.50. The van der Waals surface area contributed by atoms with Crippen molar-refractivity contribution >= 4 is 17.7 Å². The zero-order valence-electron chi connectivity index (χ0n) is 11.2. The van der Waals surface area contributed by atoms with Crippen molar-refractivity contribution in [1.29, 1.82) is 0 Å². The number of nitrogens with zero attached hydrogens (tertiary/aromatic N) is 1. The molecular weight excluding hydrogens is 260 g/mol. The predicted molar refractivity (Wildman–Crippen MR) is 77.8 cm³/mol.